The Kier molecular flexibility index (Phi) is 5.27. The lowest BCUT2D eigenvalue weighted by Gasteiger charge is -2.22. The first-order chi connectivity index (χ1) is 8.00. The average molecular weight is 260 g/mol. The molecule has 1 unspecified atom stereocenters. The minimum absolute atomic E-state index is 0.210. The van der Waals surface area contributed by atoms with E-state index in [9.17, 15) is 14.4 Å². The first-order valence-electron chi connectivity index (χ1n) is 5.44. The number of carboxylic acid groups (broad SMARTS) is 1. The molecule has 1 heterocycles. The van der Waals surface area contributed by atoms with Crippen molar-refractivity contribution in [1.82, 2.24) is 5.32 Å². The third-order valence-electron chi connectivity index (χ3n) is 2.49. The maximum atomic E-state index is 11.7. The minimum Gasteiger partial charge on any atom is -0.480 e. The van der Waals surface area contributed by atoms with E-state index in [4.69, 9.17) is 10.8 Å². The van der Waals surface area contributed by atoms with Crippen LogP contribution in [0.25, 0.3) is 0 Å². The van der Waals surface area contributed by atoms with Crippen molar-refractivity contribution in [3.05, 3.63) is 0 Å². The van der Waals surface area contributed by atoms with E-state index in [-0.39, 0.29) is 17.6 Å². The third kappa shape index (κ3) is 4.64. The molecule has 0 aliphatic carbocycles. The van der Waals surface area contributed by atoms with Crippen LogP contribution in [0.2, 0.25) is 0 Å². The fourth-order valence-corrected chi connectivity index (χ4v) is 2.82. The van der Waals surface area contributed by atoms with Crippen molar-refractivity contribution in [3.63, 3.8) is 0 Å². The van der Waals surface area contributed by atoms with Crippen LogP contribution < -0.4 is 11.1 Å². The number of hydrogen-bond donors (Lipinski definition) is 3. The summed E-state index contributed by atoms with van der Waals surface area (Å²) in [5.41, 5.74) is 4.93. The van der Waals surface area contributed by atoms with Crippen LogP contribution in [-0.4, -0.2) is 39.9 Å². The lowest BCUT2D eigenvalue weighted by atomic mass is 10.1. The van der Waals surface area contributed by atoms with Gasteiger partial charge in [-0.2, -0.15) is 0 Å². The van der Waals surface area contributed by atoms with E-state index in [1.54, 1.807) is 0 Å². The van der Waals surface area contributed by atoms with Crippen molar-refractivity contribution >= 4 is 29.5 Å². The molecule has 0 aromatic carbocycles. The van der Waals surface area contributed by atoms with Crippen molar-refractivity contribution in [2.75, 3.05) is 5.75 Å². The molecule has 6 nitrogen and oxygen atoms in total. The maximum absolute atomic E-state index is 11.7. The number of aliphatic carboxylic acids is 1. The summed E-state index contributed by atoms with van der Waals surface area (Å²) in [6.45, 7) is 0. The minimum atomic E-state index is -1.24. The van der Waals surface area contributed by atoms with Crippen LogP contribution in [0.4, 0.5) is 0 Å². The molecule has 4 N–H and O–H groups in total. The van der Waals surface area contributed by atoms with Gasteiger partial charge in [0.05, 0.1) is 11.7 Å². The number of carboxylic acids is 1. The molecular weight excluding hydrogens is 244 g/mol. The summed E-state index contributed by atoms with van der Waals surface area (Å²) in [6.07, 6.45) is 2.43. The van der Waals surface area contributed by atoms with Gasteiger partial charge in [-0.1, -0.05) is 6.42 Å². The second-order valence-electron chi connectivity index (χ2n) is 3.93. The molecule has 1 rings (SSSR count). The van der Waals surface area contributed by atoms with E-state index in [1.165, 1.54) is 11.8 Å². The number of carbonyl (C=O) groups is 3. The standard InChI is InChI=1S/C10H16N2O4S/c11-8(13)5-6(10(15)16)12-9(14)7-3-1-2-4-17-7/h6-7H,1-5H2,(H2,11,13)(H,12,14)(H,15,16)/t6-,7?/m0/s1. The number of nitrogens with two attached hydrogens (primary N) is 1. The summed E-state index contributed by atoms with van der Waals surface area (Å²) in [4.78, 5) is 33.2. The summed E-state index contributed by atoms with van der Waals surface area (Å²) in [5.74, 6) is -1.39. The van der Waals surface area contributed by atoms with Crippen molar-refractivity contribution in [3.8, 4) is 0 Å². The Morgan fingerprint density at radius 1 is 1.41 bits per heavy atom. The lowest BCUT2D eigenvalue weighted by Crippen LogP contribution is -2.46. The van der Waals surface area contributed by atoms with E-state index in [0.29, 0.717) is 0 Å². The number of carbonyl (C=O) groups excluding carboxylic acids is 2. The summed E-state index contributed by atoms with van der Waals surface area (Å²) in [6, 6.07) is -1.22. The number of primary amides is 1. The normalized spacial score (nSPS) is 21.5. The van der Waals surface area contributed by atoms with Crippen molar-refractivity contribution < 1.29 is 19.5 Å². The molecule has 1 saturated heterocycles. The number of thioether (sulfide) groups is 1. The monoisotopic (exact) mass is 260 g/mol. The van der Waals surface area contributed by atoms with Crippen LogP contribution in [0.15, 0.2) is 0 Å². The molecule has 17 heavy (non-hydrogen) atoms. The number of nitrogens with one attached hydrogen (secondary N) is 1. The van der Waals surface area contributed by atoms with Gasteiger partial charge in [-0.15, -0.1) is 11.8 Å². The van der Waals surface area contributed by atoms with E-state index in [2.05, 4.69) is 5.32 Å². The van der Waals surface area contributed by atoms with Gasteiger partial charge in [-0.3, -0.25) is 9.59 Å². The van der Waals surface area contributed by atoms with Crippen LogP contribution in [0, 0.1) is 0 Å². The van der Waals surface area contributed by atoms with E-state index >= 15 is 0 Å². The van der Waals surface area contributed by atoms with Crippen LogP contribution in [-0.2, 0) is 14.4 Å². The molecule has 0 aromatic heterocycles. The van der Waals surface area contributed by atoms with E-state index < -0.39 is 17.9 Å². The van der Waals surface area contributed by atoms with Crippen molar-refractivity contribution in [2.45, 2.75) is 37.0 Å². The molecule has 2 amide bonds. The Balaban J connectivity index is 2.50. The van der Waals surface area contributed by atoms with Crippen LogP contribution in [0.1, 0.15) is 25.7 Å². The van der Waals surface area contributed by atoms with Gasteiger partial charge in [-0.05, 0) is 18.6 Å². The van der Waals surface area contributed by atoms with Gasteiger partial charge >= 0.3 is 5.97 Å². The number of hydrogen-bond acceptors (Lipinski definition) is 4. The first kappa shape index (κ1) is 13.8. The predicted molar refractivity (Wildman–Crippen MR) is 63.5 cm³/mol. The molecule has 0 radical (unpaired) electrons. The predicted octanol–water partition coefficient (Wildman–Crippen LogP) is -0.283. The molecular formula is C10H16N2O4S. The Labute approximate surface area is 103 Å². The van der Waals surface area contributed by atoms with Gasteiger partial charge in [0, 0.05) is 0 Å². The molecule has 0 aromatic rings. The number of amides is 2. The molecule has 0 spiro atoms. The van der Waals surface area contributed by atoms with Gasteiger partial charge in [0.1, 0.15) is 6.04 Å². The second kappa shape index (κ2) is 6.48. The summed E-state index contributed by atoms with van der Waals surface area (Å²) in [5, 5.41) is 11.0. The quantitative estimate of drug-likeness (QED) is 0.629. The SMILES string of the molecule is NC(=O)C[C@H](NC(=O)C1CCCCS1)C(=O)O. The highest BCUT2D eigenvalue weighted by molar-refractivity contribution is 8.00. The van der Waals surface area contributed by atoms with Crippen LogP contribution in [0.5, 0.6) is 0 Å². The van der Waals surface area contributed by atoms with Crippen LogP contribution in [0.3, 0.4) is 0 Å². The highest BCUT2D eigenvalue weighted by Crippen LogP contribution is 2.25. The summed E-state index contributed by atoms with van der Waals surface area (Å²) >= 11 is 1.52. The van der Waals surface area contributed by atoms with E-state index in [0.717, 1.165) is 25.0 Å². The van der Waals surface area contributed by atoms with Crippen LogP contribution >= 0.6 is 11.8 Å². The molecule has 7 heteroatoms. The largest absolute Gasteiger partial charge is 0.480 e. The summed E-state index contributed by atoms with van der Waals surface area (Å²) in [7, 11) is 0. The van der Waals surface area contributed by atoms with Gasteiger partial charge in [0.15, 0.2) is 0 Å². The molecule has 0 bridgehead atoms. The Bertz CT molecular complexity index is 315. The fourth-order valence-electron chi connectivity index (χ4n) is 1.61. The third-order valence-corrected chi connectivity index (χ3v) is 3.87. The van der Waals surface area contributed by atoms with Gasteiger partial charge in [-0.25, -0.2) is 4.79 Å². The topological polar surface area (TPSA) is 109 Å². The molecule has 2 atom stereocenters. The Morgan fingerprint density at radius 2 is 2.12 bits per heavy atom. The van der Waals surface area contributed by atoms with Gasteiger partial charge in [0.25, 0.3) is 0 Å². The second-order valence-corrected chi connectivity index (χ2v) is 5.24. The maximum Gasteiger partial charge on any atom is 0.326 e. The Hall–Kier alpha value is -1.24. The molecule has 1 aliphatic heterocycles. The van der Waals surface area contributed by atoms with Crippen molar-refractivity contribution in [1.29, 1.82) is 0 Å². The van der Waals surface area contributed by atoms with Crippen molar-refractivity contribution in [2.24, 2.45) is 5.73 Å². The molecule has 0 saturated carbocycles. The lowest BCUT2D eigenvalue weighted by molar-refractivity contribution is -0.143. The smallest absolute Gasteiger partial charge is 0.326 e. The van der Waals surface area contributed by atoms with Gasteiger partial charge < -0.3 is 16.2 Å². The first-order valence-corrected chi connectivity index (χ1v) is 6.48. The fraction of sp³-hybridized carbons (Fsp3) is 0.700. The molecule has 1 fully saturated rings. The molecule has 96 valence electrons. The molecule has 1 aliphatic rings. The number of rotatable bonds is 5. The zero-order valence-electron chi connectivity index (χ0n) is 9.35. The highest BCUT2D eigenvalue weighted by atomic mass is 32.2. The van der Waals surface area contributed by atoms with Gasteiger partial charge in [0.2, 0.25) is 11.8 Å². The highest BCUT2D eigenvalue weighted by Gasteiger charge is 2.27. The Morgan fingerprint density at radius 3 is 2.59 bits per heavy atom. The van der Waals surface area contributed by atoms with E-state index in [1.807, 2.05) is 0 Å². The zero-order valence-corrected chi connectivity index (χ0v) is 10.2. The summed E-state index contributed by atoms with van der Waals surface area (Å²) < 4.78 is 0. The zero-order chi connectivity index (χ0) is 12.8. The average Bonchev–Trinajstić information content (AvgIpc) is 2.28.